The molecule has 0 amide bonds. The number of hydrogen-bond donors (Lipinski definition) is 2. The molecule has 33 heavy (non-hydrogen) atoms. The van der Waals surface area contributed by atoms with Gasteiger partial charge in [-0.15, -0.1) is 0 Å². The second-order valence-electron chi connectivity index (χ2n) is 7.03. The van der Waals surface area contributed by atoms with Crippen LogP contribution < -0.4 is 15.2 Å². The van der Waals surface area contributed by atoms with Crippen molar-refractivity contribution >= 4 is 24.2 Å². The number of hydrogen-bond acceptors (Lipinski definition) is 10. The Morgan fingerprint density at radius 1 is 0.970 bits per heavy atom. The lowest BCUT2D eigenvalue weighted by Crippen LogP contribution is -2.38. The number of aliphatic carboxylic acids is 1. The molecule has 3 atom stereocenters. The summed E-state index contributed by atoms with van der Waals surface area (Å²) in [7, 11) is 0. The molecule has 0 fully saturated rings. The van der Waals surface area contributed by atoms with E-state index >= 15 is 0 Å². The molecular formula is C22H31NO10. The van der Waals surface area contributed by atoms with E-state index in [9.17, 15) is 24.3 Å². The molecule has 1 aromatic rings. The summed E-state index contributed by atoms with van der Waals surface area (Å²) < 4.78 is 25.0. The van der Waals surface area contributed by atoms with Crippen molar-refractivity contribution in [2.75, 3.05) is 13.2 Å². The number of carbonyl (C=O) groups is 4. The zero-order valence-electron chi connectivity index (χ0n) is 19.2. The van der Waals surface area contributed by atoms with E-state index < -0.39 is 42.3 Å². The molecule has 2 unspecified atom stereocenters. The van der Waals surface area contributed by atoms with Gasteiger partial charge in [-0.05, 0) is 51.3 Å². The number of benzene rings is 1. The molecule has 1 aromatic carbocycles. The third kappa shape index (κ3) is 9.36. The normalized spacial score (nSPS) is 13.2. The van der Waals surface area contributed by atoms with Gasteiger partial charge in [-0.3, -0.25) is 9.59 Å². The van der Waals surface area contributed by atoms with Crippen LogP contribution in [0.4, 0.5) is 9.59 Å². The van der Waals surface area contributed by atoms with Crippen molar-refractivity contribution in [3.8, 4) is 11.5 Å². The van der Waals surface area contributed by atoms with E-state index in [2.05, 4.69) is 0 Å². The summed E-state index contributed by atoms with van der Waals surface area (Å²) in [6.07, 6.45) is -1.78. The van der Waals surface area contributed by atoms with Crippen molar-refractivity contribution < 1.29 is 48.0 Å². The fraction of sp³-hybridized carbons (Fsp3) is 0.545. The Morgan fingerprint density at radius 3 is 2.06 bits per heavy atom. The molecular weight excluding hydrogens is 438 g/mol. The molecule has 0 aliphatic heterocycles. The van der Waals surface area contributed by atoms with Crippen molar-refractivity contribution in [3.05, 3.63) is 23.8 Å². The van der Waals surface area contributed by atoms with Crippen LogP contribution in [-0.4, -0.2) is 54.7 Å². The van der Waals surface area contributed by atoms with Crippen LogP contribution in [0.1, 0.15) is 58.4 Å². The average Bonchev–Trinajstić information content (AvgIpc) is 2.73. The van der Waals surface area contributed by atoms with Gasteiger partial charge in [0.05, 0.1) is 19.3 Å². The van der Waals surface area contributed by atoms with Gasteiger partial charge in [-0.25, -0.2) is 9.59 Å². The predicted molar refractivity (Wildman–Crippen MR) is 115 cm³/mol. The Balaban J connectivity index is 3.29. The van der Waals surface area contributed by atoms with Crippen molar-refractivity contribution in [2.24, 2.45) is 5.73 Å². The first-order valence-electron chi connectivity index (χ1n) is 10.6. The summed E-state index contributed by atoms with van der Waals surface area (Å²) in [6, 6.07) is 2.75. The summed E-state index contributed by atoms with van der Waals surface area (Å²) in [5, 5.41) is 9.49. The predicted octanol–water partition coefficient (Wildman–Crippen LogP) is 3.37. The van der Waals surface area contributed by atoms with Gasteiger partial charge in [-0.2, -0.15) is 0 Å². The highest BCUT2D eigenvalue weighted by Gasteiger charge is 2.30. The zero-order valence-corrected chi connectivity index (χ0v) is 19.2. The highest BCUT2D eigenvalue weighted by atomic mass is 16.7. The van der Waals surface area contributed by atoms with Gasteiger partial charge in [0.2, 0.25) is 0 Å². The van der Waals surface area contributed by atoms with Crippen LogP contribution in [0.3, 0.4) is 0 Å². The van der Waals surface area contributed by atoms with Gasteiger partial charge in [0, 0.05) is 12.3 Å². The first-order valence-corrected chi connectivity index (χ1v) is 10.6. The van der Waals surface area contributed by atoms with Gasteiger partial charge < -0.3 is 34.5 Å². The van der Waals surface area contributed by atoms with E-state index in [0.29, 0.717) is 12.0 Å². The maximum Gasteiger partial charge on any atom is 0.513 e. The molecule has 0 spiro atoms. The molecule has 0 aliphatic carbocycles. The molecule has 11 heteroatoms. The second-order valence-corrected chi connectivity index (χ2v) is 7.03. The molecule has 0 aromatic heterocycles. The minimum atomic E-state index is -1.36. The van der Waals surface area contributed by atoms with Gasteiger partial charge in [-0.1, -0.05) is 13.0 Å². The summed E-state index contributed by atoms with van der Waals surface area (Å²) >= 11 is 0. The lowest BCUT2D eigenvalue weighted by molar-refractivity contribution is -0.148. The number of carboxylic acid groups (broad SMARTS) is 1. The van der Waals surface area contributed by atoms with Gasteiger partial charge in [0.25, 0.3) is 0 Å². The minimum absolute atomic E-state index is 0.0414. The molecule has 0 radical (unpaired) electrons. The lowest BCUT2D eigenvalue weighted by atomic mass is 9.87. The summed E-state index contributed by atoms with van der Waals surface area (Å²) in [5.74, 6) is -2.84. The fourth-order valence-electron chi connectivity index (χ4n) is 2.95. The third-order valence-corrected chi connectivity index (χ3v) is 4.40. The molecule has 0 aliphatic rings. The van der Waals surface area contributed by atoms with Crippen LogP contribution in [0.2, 0.25) is 0 Å². The molecule has 0 saturated heterocycles. The number of rotatable bonds is 12. The van der Waals surface area contributed by atoms with Gasteiger partial charge >= 0.3 is 24.2 Å². The van der Waals surface area contributed by atoms with E-state index in [0.717, 1.165) is 0 Å². The van der Waals surface area contributed by atoms with Gasteiger partial charge in [0.15, 0.2) is 11.5 Å². The first kappa shape index (κ1) is 27.7. The fourth-order valence-corrected chi connectivity index (χ4v) is 2.95. The standard InChI is InChI=1S/C22H31NO10/c1-5-8-18(24)31-13(4)11-15(19(23)20(25)26)14-9-10-16(32-21(27)29-6-2)17(12-14)33-22(28)30-7-3/h9-10,12-13,15,19H,5-8,11,23H2,1-4H3,(H,25,26)/t13?,15?,19-/m0/s1. The number of carbonyl (C=O) groups excluding carboxylic acids is 3. The monoisotopic (exact) mass is 469 g/mol. The van der Waals surface area contributed by atoms with Crippen LogP contribution >= 0.6 is 0 Å². The molecule has 0 bridgehead atoms. The van der Waals surface area contributed by atoms with Gasteiger partial charge in [0.1, 0.15) is 6.04 Å². The third-order valence-electron chi connectivity index (χ3n) is 4.40. The number of nitrogens with two attached hydrogens (primary N) is 1. The minimum Gasteiger partial charge on any atom is -0.480 e. The van der Waals surface area contributed by atoms with Crippen LogP contribution in [0.25, 0.3) is 0 Å². The number of carboxylic acids is 1. The second kappa shape index (κ2) is 13.9. The van der Waals surface area contributed by atoms with Crippen LogP contribution in [-0.2, 0) is 23.8 Å². The van der Waals surface area contributed by atoms with E-state index in [1.165, 1.54) is 18.2 Å². The molecule has 1 rings (SSSR count). The van der Waals surface area contributed by atoms with Crippen molar-refractivity contribution in [1.82, 2.24) is 0 Å². The zero-order chi connectivity index (χ0) is 25.0. The summed E-state index contributed by atoms with van der Waals surface area (Å²) in [4.78, 5) is 47.0. The van der Waals surface area contributed by atoms with Crippen LogP contribution in [0.5, 0.6) is 11.5 Å². The first-order chi connectivity index (χ1) is 15.6. The average molecular weight is 469 g/mol. The van der Waals surface area contributed by atoms with E-state index in [1.807, 2.05) is 6.92 Å². The molecule has 0 saturated carbocycles. The van der Waals surface area contributed by atoms with Crippen LogP contribution in [0, 0.1) is 0 Å². The molecule has 3 N–H and O–H groups in total. The maximum absolute atomic E-state index is 11.9. The van der Waals surface area contributed by atoms with E-state index in [-0.39, 0.29) is 37.6 Å². The maximum atomic E-state index is 11.9. The number of esters is 1. The highest BCUT2D eigenvalue weighted by molar-refractivity contribution is 5.75. The van der Waals surface area contributed by atoms with Crippen molar-refractivity contribution in [2.45, 2.75) is 65.0 Å². The largest absolute Gasteiger partial charge is 0.513 e. The Morgan fingerprint density at radius 2 is 1.55 bits per heavy atom. The number of ether oxygens (including phenoxy) is 5. The Labute approximate surface area is 192 Å². The quantitative estimate of drug-likeness (QED) is 0.262. The molecule has 11 nitrogen and oxygen atoms in total. The molecule has 0 heterocycles. The molecule has 184 valence electrons. The topological polar surface area (TPSA) is 161 Å². The summed E-state index contributed by atoms with van der Waals surface area (Å²) in [5.41, 5.74) is 6.27. The Bertz CT molecular complexity index is 825. The Hall–Kier alpha value is -3.34. The summed E-state index contributed by atoms with van der Waals surface area (Å²) in [6.45, 7) is 6.74. The van der Waals surface area contributed by atoms with E-state index in [1.54, 1.807) is 20.8 Å². The Kier molecular flexibility index (Phi) is 11.7. The van der Waals surface area contributed by atoms with Crippen molar-refractivity contribution in [3.63, 3.8) is 0 Å². The van der Waals surface area contributed by atoms with Crippen LogP contribution in [0.15, 0.2) is 18.2 Å². The lowest BCUT2D eigenvalue weighted by Gasteiger charge is -2.25. The highest BCUT2D eigenvalue weighted by Crippen LogP contribution is 2.35. The van der Waals surface area contributed by atoms with Crippen molar-refractivity contribution in [1.29, 1.82) is 0 Å². The van der Waals surface area contributed by atoms with E-state index in [4.69, 9.17) is 29.4 Å². The smallest absolute Gasteiger partial charge is 0.480 e. The SMILES string of the molecule is CCCC(=O)OC(C)CC(c1ccc(OC(=O)OCC)c(OC(=O)OCC)c1)[C@H](N)C(=O)O.